The molecule has 2 rings (SSSR count). The molecule has 118 valence electrons. The van der Waals surface area contributed by atoms with Gasteiger partial charge in [0.15, 0.2) is 0 Å². The number of hydrogen-bond donors (Lipinski definition) is 2. The molecule has 2 heterocycles. The molecule has 2 N–H and O–H groups in total. The second kappa shape index (κ2) is 6.20. The standard InChI is InChI=1S/C16H26N2O3/c1-11-9-14(12(2)21-11)16(3,20)10-17-15(19)13-5-7-18(4)8-6-13/h9,13,20H,5-8,10H2,1-4H3,(H,17,19). The molecular formula is C16H26N2O3. The number of hydrogen-bond acceptors (Lipinski definition) is 4. The average Bonchev–Trinajstić information content (AvgIpc) is 2.77. The zero-order valence-electron chi connectivity index (χ0n) is 13.4. The first-order chi connectivity index (χ1) is 9.79. The second-order valence-corrected chi connectivity index (χ2v) is 6.40. The van der Waals surface area contributed by atoms with Crippen LogP contribution in [-0.4, -0.2) is 42.6 Å². The minimum absolute atomic E-state index is 0.0428. The third-order valence-corrected chi connectivity index (χ3v) is 4.32. The van der Waals surface area contributed by atoms with Gasteiger partial charge < -0.3 is 19.7 Å². The Kier molecular flexibility index (Phi) is 4.74. The Morgan fingerprint density at radius 3 is 2.62 bits per heavy atom. The van der Waals surface area contributed by atoms with E-state index in [2.05, 4.69) is 17.3 Å². The van der Waals surface area contributed by atoms with Crippen molar-refractivity contribution < 1.29 is 14.3 Å². The Morgan fingerprint density at radius 1 is 1.48 bits per heavy atom. The minimum Gasteiger partial charge on any atom is -0.466 e. The van der Waals surface area contributed by atoms with E-state index in [9.17, 15) is 9.90 Å². The van der Waals surface area contributed by atoms with Crippen molar-refractivity contribution in [2.75, 3.05) is 26.7 Å². The summed E-state index contributed by atoms with van der Waals surface area (Å²) in [4.78, 5) is 14.4. The SMILES string of the molecule is Cc1cc(C(C)(O)CNC(=O)C2CCN(C)CC2)c(C)o1. The Balaban J connectivity index is 1.92. The van der Waals surface area contributed by atoms with Crippen molar-refractivity contribution in [1.29, 1.82) is 0 Å². The number of likely N-dealkylation sites (tertiary alicyclic amines) is 1. The summed E-state index contributed by atoms with van der Waals surface area (Å²) in [5, 5.41) is 13.5. The third kappa shape index (κ3) is 3.86. The number of piperidine rings is 1. The smallest absolute Gasteiger partial charge is 0.223 e. The predicted molar refractivity (Wildman–Crippen MR) is 81.0 cm³/mol. The molecule has 1 aromatic heterocycles. The van der Waals surface area contributed by atoms with Crippen LogP contribution < -0.4 is 5.32 Å². The molecule has 1 aliphatic heterocycles. The van der Waals surface area contributed by atoms with Crippen LogP contribution in [0, 0.1) is 19.8 Å². The third-order valence-electron chi connectivity index (χ3n) is 4.32. The normalized spacial score (nSPS) is 20.2. The number of furan rings is 1. The van der Waals surface area contributed by atoms with Gasteiger partial charge in [-0.25, -0.2) is 0 Å². The van der Waals surface area contributed by atoms with Gasteiger partial charge in [-0.15, -0.1) is 0 Å². The molecule has 5 heteroatoms. The molecule has 0 aromatic carbocycles. The molecule has 1 atom stereocenters. The van der Waals surface area contributed by atoms with Gasteiger partial charge in [0.2, 0.25) is 5.91 Å². The van der Waals surface area contributed by atoms with E-state index in [0.717, 1.165) is 37.3 Å². The molecule has 1 saturated heterocycles. The van der Waals surface area contributed by atoms with Crippen molar-refractivity contribution in [2.24, 2.45) is 5.92 Å². The van der Waals surface area contributed by atoms with Gasteiger partial charge in [0, 0.05) is 11.5 Å². The number of nitrogens with zero attached hydrogens (tertiary/aromatic N) is 1. The lowest BCUT2D eigenvalue weighted by Crippen LogP contribution is -2.44. The summed E-state index contributed by atoms with van der Waals surface area (Å²) in [7, 11) is 2.07. The highest BCUT2D eigenvalue weighted by Crippen LogP contribution is 2.26. The van der Waals surface area contributed by atoms with E-state index < -0.39 is 5.60 Å². The van der Waals surface area contributed by atoms with E-state index in [1.54, 1.807) is 6.92 Å². The van der Waals surface area contributed by atoms with Crippen molar-refractivity contribution >= 4 is 5.91 Å². The first-order valence-corrected chi connectivity index (χ1v) is 7.56. The van der Waals surface area contributed by atoms with E-state index in [0.29, 0.717) is 5.76 Å². The summed E-state index contributed by atoms with van der Waals surface area (Å²) in [6, 6.07) is 1.83. The first-order valence-electron chi connectivity index (χ1n) is 7.56. The fourth-order valence-corrected chi connectivity index (χ4v) is 2.94. The van der Waals surface area contributed by atoms with Gasteiger partial charge in [0.25, 0.3) is 0 Å². The zero-order valence-corrected chi connectivity index (χ0v) is 13.4. The van der Waals surface area contributed by atoms with Crippen LogP contribution in [-0.2, 0) is 10.4 Å². The number of aryl methyl sites for hydroxylation is 2. The second-order valence-electron chi connectivity index (χ2n) is 6.40. The van der Waals surface area contributed by atoms with Gasteiger partial charge in [0.05, 0.1) is 6.54 Å². The number of carbonyl (C=O) groups is 1. The number of rotatable bonds is 4. The van der Waals surface area contributed by atoms with E-state index in [1.165, 1.54) is 0 Å². The summed E-state index contributed by atoms with van der Waals surface area (Å²) in [5.41, 5.74) is -0.369. The summed E-state index contributed by atoms with van der Waals surface area (Å²) in [6.45, 7) is 7.50. The maximum atomic E-state index is 12.2. The Hall–Kier alpha value is -1.33. The minimum atomic E-state index is -1.11. The Morgan fingerprint density at radius 2 is 2.10 bits per heavy atom. The maximum Gasteiger partial charge on any atom is 0.223 e. The molecule has 1 amide bonds. The molecule has 0 saturated carbocycles. The van der Waals surface area contributed by atoms with Crippen LogP contribution in [0.1, 0.15) is 36.8 Å². The van der Waals surface area contributed by atoms with Crippen LogP contribution >= 0.6 is 0 Å². The van der Waals surface area contributed by atoms with Crippen molar-refractivity contribution in [3.8, 4) is 0 Å². The van der Waals surface area contributed by atoms with Crippen LogP contribution in [0.5, 0.6) is 0 Å². The average molecular weight is 294 g/mol. The predicted octanol–water partition coefficient (Wildman–Crippen LogP) is 1.56. The molecule has 0 spiro atoms. The van der Waals surface area contributed by atoms with Gasteiger partial charge in [-0.3, -0.25) is 4.79 Å². The van der Waals surface area contributed by atoms with E-state index >= 15 is 0 Å². The number of nitrogens with one attached hydrogen (secondary N) is 1. The first kappa shape index (κ1) is 16.0. The van der Waals surface area contributed by atoms with Crippen molar-refractivity contribution in [2.45, 2.75) is 39.2 Å². The van der Waals surface area contributed by atoms with E-state index in [4.69, 9.17) is 4.42 Å². The zero-order chi connectivity index (χ0) is 15.6. The Bertz CT molecular complexity index is 500. The van der Waals surface area contributed by atoms with E-state index in [-0.39, 0.29) is 18.4 Å². The number of carbonyl (C=O) groups excluding carboxylic acids is 1. The maximum absolute atomic E-state index is 12.2. The highest BCUT2D eigenvalue weighted by molar-refractivity contribution is 5.78. The van der Waals surface area contributed by atoms with Crippen molar-refractivity contribution in [3.63, 3.8) is 0 Å². The van der Waals surface area contributed by atoms with Gasteiger partial charge >= 0.3 is 0 Å². The van der Waals surface area contributed by atoms with Crippen molar-refractivity contribution in [3.05, 3.63) is 23.2 Å². The van der Waals surface area contributed by atoms with Crippen LogP contribution in [0.2, 0.25) is 0 Å². The van der Waals surface area contributed by atoms with Gasteiger partial charge in [0.1, 0.15) is 17.1 Å². The highest BCUT2D eigenvalue weighted by atomic mass is 16.3. The quantitative estimate of drug-likeness (QED) is 0.884. The van der Waals surface area contributed by atoms with Crippen LogP contribution in [0.15, 0.2) is 10.5 Å². The van der Waals surface area contributed by atoms with Gasteiger partial charge in [-0.05, 0) is 59.8 Å². The molecule has 5 nitrogen and oxygen atoms in total. The number of amides is 1. The summed E-state index contributed by atoms with van der Waals surface area (Å²) in [6.07, 6.45) is 1.77. The lowest BCUT2D eigenvalue weighted by molar-refractivity contribution is -0.127. The van der Waals surface area contributed by atoms with Gasteiger partial charge in [-0.2, -0.15) is 0 Å². The lowest BCUT2D eigenvalue weighted by Gasteiger charge is -2.29. The van der Waals surface area contributed by atoms with Crippen LogP contribution in [0.4, 0.5) is 0 Å². The molecule has 1 aliphatic rings. The lowest BCUT2D eigenvalue weighted by atomic mass is 9.94. The molecule has 1 unspecified atom stereocenters. The van der Waals surface area contributed by atoms with Crippen LogP contribution in [0.25, 0.3) is 0 Å². The molecule has 21 heavy (non-hydrogen) atoms. The summed E-state index contributed by atoms with van der Waals surface area (Å²) < 4.78 is 5.46. The molecule has 0 bridgehead atoms. The fraction of sp³-hybridized carbons (Fsp3) is 0.688. The largest absolute Gasteiger partial charge is 0.466 e. The van der Waals surface area contributed by atoms with E-state index in [1.807, 2.05) is 19.9 Å². The highest BCUT2D eigenvalue weighted by Gasteiger charge is 2.30. The molecule has 1 fully saturated rings. The molecule has 0 radical (unpaired) electrons. The topological polar surface area (TPSA) is 65.7 Å². The Labute approximate surface area is 126 Å². The number of aliphatic hydroxyl groups is 1. The molecule has 1 aromatic rings. The molecule has 0 aliphatic carbocycles. The molecular weight excluding hydrogens is 268 g/mol. The van der Waals surface area contributed by atoms with Crippen LogP contribution in [0.3, 0.4) is 0 Å². The van der Waals surface area contributed by atoms with Gasteiger partial charge in [-0.1, -0.05) is 0 Å². The summed E-state index contributed by atoms with van der Waals surface area (Å²) >= 11 is 0. The fourth-order valence-electron chi connectivity index (χ4n) is 2.94. The van der Waals surface area contributed by atoms with Crippen molar-refractivity contribution in [1.82, 2.24) is 10.2 Å². The summed E-state index contributed by atoms with van der Waals surface area (Å²) in [5.74, 6) is 1.57. The monoisotopic (exact) mass is 294 g/mol.